The predicted octanol–water partition coefficient (Wildman–Crippen LogP) is 2.82. The van der Waals surface area contributed by atoms with Gasteiger partial charge in [-0.1, -0.05) is 31.9 Å². The largest absolute Gasteiger partial charge is 0.388 e. The van der Waals surface area contributed by atoms with Crippen LogP contribution in [0.2, 0.25) is 0 Å². The molecule has 0 spiro atoms. The van der Waals surface area contributed by atoms with E-state index in [9.17, 15) is 15.2 Å². The highest BCUT2D eigenvalue weighted by Gasteiger charge is 2.18. The van der Waals surface area contributed by atoms with Crippen LogP contribution >= 0.6 is 0 Å². The summed E-state index contributed by atoms with van der Waals surface area (Å²) in [6, 6.07) is 6.34. The van der Waals surface area contributed by atoms with Crippen molar-refractivity contribution in [3.05, 3.63) is 39.9 Å². The van der Waals surface area contributed by atoms with E-state index in [1.165, 1.54) is 6.07 Å². The van der Waals surface area contributed by atoms with Crippen molar-refractivity contribution in [1.29, 1.82) is 0 Å². The number of aliphatic hydroxyl groups excluding tert-OH is 1. The van der Waals surface area contributed by atoms with Crippen LogP contribution < -0.4 is 0 Å². The van der Waals surface area contributed by atoms with Crippen LogP contribution in [-0.2, 0) is 0 Å². The molecule has 0 aromatic heterocycles. The van der Waals surface area contributed by atoms with Crippen LogP contribution in [0.15, 0.2) is 24.3 Å². The molecule has 1 aromatic rings. The number of hydrogen-bond acceptors (Lipinski definition) is 3. The number of nitro groups is 1. The molecule has 0 radical (unpaired) electrons. The van der Waals surface area contributed by atoms with Crippen molar-refractivity contribution in [2.45, 2.75) is 32.3 Å². The Labute approximate surface area is 88.7 Å². The van der Waals surface area contributed by atoms with E-state index >= 15 is 0 Å². The van der Waals surface area contributed by atoms with Crippen molar-refractivity contribution in [2.75, 3.05) is 0 Å². The number of unbranched alkanes of at least 4 members (excludes halogenated alkanes) is 1. The number of para-hydroxylation sites is 1. The molecule has 0 aliphatic rings. The number of rotatable bonds is 5. The minimum atomic E-state index is -0.730. The Hall–Kier alpha value is -1.42. The second kappa shape index (κ2) is 5.46. The first-order valence-electron chi connectivity index (χ1n) is 5.08. The molecule has 0 saturated carbocycles. The van der Waals surface area contributed by atoms with Crippen LogP contribution in [0.5, 0.6) is 0 Å². The van der Waals surface area contributed by atoms with Gasteiger partial charge in [-0.15, -0.1) is 0 Å². The fourth-order valence-corrected chi connectivity index (χ4v) is 1.49. The van der Waals surface area contributed by atoms with Gasteiger partial charge in [0.15, 0.2) is 0 Å². The van der Waals surface area contributed by atoms with Crippen molar-refractivity contribution in [2.24, 2.45) is 0 Å². The van der Waals surface area contributed by atoms with E-state index in [0.717, 1.165) is 12.8 Å². The van der Waals surface area contributed by atoms with Gasteiger partial charge < -0.3 is 5.11 Å². The monoisotopic (exact) mass is 209 g/mol. The van der Waals surface area contributed by atoms with Gasteiger partial charge in [-0.05, 0) is 12.5 Å². The molecule has 0 unspecified atom stereocenters. The first-order chi connectivity index (χ1) is 7.16. The van der Waals surface area contributed by atoms with Crippen molar-refractivity contribution in [1.82, 2.24) is 0 Å². The van der Waals surface area contributed by atoms with Gasteiger partial charge in [0, 0.05) is 6.07 Å². The van der Waals surface area contributed by atoms with Gasteiger partial charge in [0.25, 0.3) is 5.69 Å². The highest BCUT2D eigenvalue weighted by molar-refractivity contribution is 5.41. The van der Waals surface area contributed by atoms with Crippen LogP contribution in [0.3, 0.4) is 0 Å². The predicted molar refractivity (Wildman–Crippen MR) is 57.6 cm³/mol. The molecule has 0 saturated heterocycles. The molecular weight excluding hydrogens is 194 g/mol. The summed E-state index contributed by atoms with van der Waals surface area (Å²) in [4.78, 5) is 10.2. The third-order valence-corrected chi connectivity index (χ3v) is 2.32. The molecule has 1 rings (SSSR count). The molecular formula is C11H15NO3. The van der Waals surface area contributed by atoms with Crippen molar-refractivity contribution >= 4 is 5.69 Å². The Kier molecular flexibility index (Phi) is 4.24. The SMILES string of the molecule is CCCC[C@H](O)c1ccccc1[N+](=O)[O-]. The maximum absolute atomic E-state index is 10.7. The third-order valence-electron chi connectivity index (χ3n) is 2.32. The van der Waals surface area contributed by atoms with Crippen LogP contribution in [0.4, 0.5) is 5.69 Å². The second-order valence-corrected chi connectivity index (χ2v) is 3.47. The quantitative estimate of drug-likeness (QED) is 0.599. The van der Waals surface area contributed by atoms with E-state index in [4.69, 9.17) is 0 Å². The fourth-order valence-electron chi connectivity index (χ4n) is 1.49. The summed E-state index contributed by atoms with van der Waals surface area (Å²) in [5, 5.41) is 20.5. The average Bonchev–Trinajstić information content (AvgIpc) is 2.25. The third kappa shape index (κ3) is 3.02. The lowest BCUT2D eigenvalue weighted by Gasteiger charge is -2.10. The van der Waals surface area contributed by atoms with Crippen LogP contribution in [0.25, 0.3) is 0 Å². The summed E-state index contributed by atoms with van der Waals surface area (Å²) >= 11 is 0. The van der Waals surface area contributed by atoms with E-state index in [-0.39, 0.29) is 5.69 Å². The number of benzene rings is 1. The van der Waals surface area contributed by atoms with Gasteiger partial charge in [-0.25, -0.2) is 0 Å². The molecule has 0 amide bonds. The highest BCUT2D eigenvalue weighted by Crippen LogP contribution is 2.27. The molecule has 0 fully saturated rings. The minimum Gasteiger partial charge on any atom is -0.388 e. The molecule has 0 heterocycles. The van der Waals surface area contributed by atoms with Crippen LogP contribution in [-0.4, -0.2) is 10.0 Å². The lowest BCUT2D eigenvalue weighted by atomic mass is 10.0. The summed E-state index contributed by atoms with van der Waals surface area (Å²) in [6.07, 6.45) is 1.68. The smallest absolute Gasteiger partial charge is 0.275 e. The number of aliphatic hydroxyl groups is 1. The van der Waals surface area contributed by atoms with Crippen molar-refractivity contribution < 1.29 is 10.0 Å². The van der Waals surface area contributed by atoms with Gasteiger partial charge in [0.2, 0.25) is 0 Å². The minimum absolute atomic E-state index is 0.00102. The van der Waals surface area contributed by atoms with Crippen molar-refractivity contribution in [3.8, 4) is 0 Å². The summed E-state index contributed by atoms with van der Waals surface area (Å²) in [5.74, 6) is 0. The zero-order valence-electron chi connectivity index (χ0n) is 8.72. The zero-order chi connectivity index (χ0) is 11.3. The zero-order valence-corrected chi connectivity index (χ0v) is 8.72. The Balaban J connectivity index is 2.87. The first kappa shape index (κ1) is 11.7. The average molecular weight is 209 g/mol. The summed E-state index contributed by atoms with van der Waals surface area (Å²) in [6.45, 7) is 2.02. The van der Waals surface area contributed by atoms with Gasteiger partial charge in [0.05, 0.1) is 16.6 Å². The lowest BCUT2D eigenvalue weighted by Crippen LogP contribution is -2.02. The molecule has 1 N–H and O–H groups in total. The molecule has 1 atom stereocenters. The Morgan fingerprint density at radius 1 is 1.47 bits per heavy atom. The molecule has 0 bridgehead atoms. The van der Waals surface area contributed by atoms with Crippen molar-refractivity contribution in [3.63, 3.8) is 0 Å². The highest BCUT2D eigenvalue weighted by atomic mass is 16.6. The molecule has 0 aliphatic heterocycles. The molecule has 4 heteroatoms. The molecule has 82 valence electrons. The van der Waals surface area contributed by atoms with E-state index in [0.29, 0.717) is 12.0 Å². The Morgan fingerprint density at radius 2 is 2.13 bits per heavy atom. The van der Waals surface area contributed by atoms with Crippen LogP contribution in [0.1, 0.15) is 37.9 Å². The van der Waals surface area contributed by atoms with Gasteiger partial charge in [0.1, 0.15) is 0 Å². The second-order valence-electron chi connectivity index (χ2n) is 3.47. The summed E-state index contributed by atoms with van der Waals surface area (Å²) in [5.41, 5.74) is 0.414. The lowest BCUT2D eigenvalue weighted by molar-refractivity contribution is -0.386. The maximum Gasteiger partial charge on any atom is 0.275 e. The topological polar surface area (TPSA) is 63.4 Å². The van der Waals surface area contributed by atoms with Gasteiger partial charge >= 0.3 is 0 Å². The Bertz CT molecular complexity index is 338. The van der Waals surface area contributed by atoms with Gasteiger partial charge in [-0.2, -0.15) is 0 Å². The normalized spacial score (nSPS) is 12.4. The standard InChI is InChI=1S/C11H15NO3/c1-2-3-8-11(13)9-6-4-5-7-10(9)12(14)15/h4-7,11,13H,2-3,8H2,1H3/t11-/m0/s1. The number of nitrogens with zero attached hydrogens (tertiary/aromatic N) is 1. The summed E-state index contributed by atoms with van der Waals surface area (Å²) in [7, 11) is 0. The van der Waals surface area contributed by atoms with Crippen LogP contribution in [0, 0.1) is 10.1 Å². The first-order valence-corrected chi connectivity index (χ1v) is 5.08. The fraction of sp³-hybridized carbons (Fsp3) is 0.455. The molecule has 1 aromatic carbocycles. The maximum atomic E-state index is 10.7. The molecule has 0 aliphatic carbocycles. The Morgan fingerprint density at radius 3 is 2.73 bits per heavy atom. The van der Waals surface area contributed by atoms with E-state index in [2.05, 4.69) is 0 Å². The number of hydrogen-bond donors (Lipinski definition) is 1. The van der Waals surface area contributed by atoms with E-state index in [1.807, 2.05) is 6.92 Å². The summed E-state index contributed by atoms with van der Waals surface area (Å²) < 4.78 is 0. The molecule has 15 heavy (non-hydrogen) atoms. The molecule has 4 nitrogen and oxygen atoms in total. The van der Waals surface area contributed by atoms with Gasteiger partial charge in [-0.3, -0.25) is 10.1 Å². The van der Waals surface area contributed by atoms with E-state index in [1.54, 1.807) is 18.2 Å². The van der Waals surface area contributed by atoms with E-state index < -0.39 is 11.0 Å². The number of nitro benzene ring substituents is 1.